The average Bonchev–Trinajstić information content (AvgIpc) is 3.78. The lowest BCUT2D eigenvalue weighted by Crippen LogP contribution is -2.26. The number of hydrogen-bond acceptors (Lipinski definition) is 0. The van der Waals surface area contributed by atoms with E-state index in [0.717, 1.165) is 0 Å². The molecule has 0 unspecified atom stereocenters. The molecule has 0 saturated heterocycles. The molecule has 0 heteroatoms. The van der Waals surface area contributed by atoms with Gasteiger partial charge in [0.25, 0.3) is 0 Å². The Bertz CT molecular complexity index is 3730. The Morgan fingerprint density at radius 3 is 1.47 bits per heavy atom. The van der Waals surface area contributed by atoms with Crippen LogP contribution in [0, 0.1) is 0 Å². The zero-order valence-electron chi connectivity index (χ0n) is 32.1. The molecule has 59 heavy (non-hydrogen) atoms. The number of benzene rings is 12. The largest absolute Gasteiger partial charge is 0.0737 e. The molecule has 0 N–H and O–H groups in total. The van der Waals surface area contributed by atoms with Gasteiger partial charge in [0.2, 0.25) is 0 Å². The summed E-state index contributed by atoms with van der Waals surface area (Å²) in [4.78, 5) is 0. The van der Waals surface area contributed by atoms with Gasteiger partial charge in [-0.15, -0.1) is 0 Å². The van der Waals surface area contributed by atoms with Crippen molar-refractivity contribution in [2.24, 2.45) is 0 Å². The van der Waals surface area contributed by atoms with E-state index in [1.54, 1.807) is 0 Å². The number of rotatable bonds is 2. The van der Waals surface area contributed by atoms with Crippen LogP contribution in [0.3, 0.4) is 0 Å². The molecule has 0 nitrogen and oxygen atoms in total. The van der Waals surface area contributed by atoms with Crippen molar-refractivity contribution < 1.29 is 0 Å². The molecule has 1 spiro atoms. The fourth-order valence-electron chi connectivity index (χ4n) is 11.8. The molecule has 270 valence electrons. The van der Waals surface area contributed by atoms with E-state index in [-0.39, 0.29) is 0 Å². The highest BCUT2D eigenvalue weighted by Gasteiger charge is 2.54. The van der Waals surface area contributed by atoms with Crippen LogP contribution in [0.15, 0.2) is 206 Å². The van der Waals surface area contributed by atoms with Crippen LogP contribution in [-0.4, -0.2) is 0 Å². The normalized spacial score (nSPS) is 13.6. The Balaban J connectivity index is 1.11. The van der Waals surface area contributed by atoms with E-state index in [4.69, 9.17) is 0 Å². The fourth-order valence-corrected chi connectivity index (χ4v) is 11.8. The summed E-state index contributed by atoms with van der Waals surface area (Å²) >= 11 is 0. The van der Waals surface area contributed by atoms with Crippen molar-refractivity contribution in [3.63, 3.8) is 0 Å². The van der Waals surface area contributed by atoms with Crippen LogP contribution in [0.25, 0.3) is 109 Å². The Kier molecular flexibility index (Phi) is 6.05. The molecule has 0 atom stereocenters. The van der Waals surface area contributed by atoms with Gasteiger partial charge in [0.05, 0.1) is 5.41 Å². The highest BCUT2D eigenvalue weighted by Crippen LogP contribution is 2.67. The first kappa shape index (κ1) is 31.5. The second-order valence-electron chi connectivity index (χ2n) is 16.6. The van der Waals surface area contributed by atoms with Gasteiger partial charge in [0.1, 0.15) is 0 Å². The maximum Gasteiger partial charge on any atom is 0.0737 e. The molecule has 2 aliphatic carbocycles. The van der Waals surface area contributed by atoms with Gasteiger partial charge in [0, 0.05) is 0 Å². The molecule has 0 bridgehead atoms. The molecule has 2 aliphatic rings. The van der Waals surface area contributed by atoms with E-state index in [1.165, 1.54) is 131 Å². The lowest BCUT2D eigenvalue weighted by atomic mass is 9.68. The summed E-state index contributed by atoms with van der Waals surface area (Å²) in [5.41, 5.74) is 15.4. The Labute approximate surface area is 341 Å². The Hall–Kier alpha value is -7.54. The molecule has 14 rings (SSSR count). The quantitative estimate of drug-likeness (QED) is 0.155. The van der Waals surface area contributed by atoms with Gasteiger partial charge in [0.15, 0.2) is 0 Å². The lowest BCUT2D eigenvalue weighted by Gasteiger charge is -2.33. The molecule has 12 aromatic carbocycles. The highest BCUT2D eigenvalue weighted by atomic mass is 14.5. The molecule has 0 fully saturated rings. The van der Waals surface area contributed by atoms with Gasteiger partial charge in [-0.05, 0) is 144 Å². The Morgan fingerprint density at radius 2 is 0.763 bits per heavy atom. The summed E-state index contributed by atoms with van der Waals surface area (Å²) in [6.45, 7) is 0. The van der Waals surface area contributed by atoms with Crippen LogP contribution in [0.1, 0.15) is 22.3 Å². The molecule has 12 aromatic rings. The maximum atomic E-state index is 2.55. The van der Waals surface area contributed by atoms with Crippen molar-refractivity contribution in [3.8, 4) is 44.5 Å². The van der Waals surface area contributed by atoms with Crippen molar-refractivity contribution in [1.82, 2.24) is 0 Å². The summed E-state index contributed by atoms with van der Waals surface area (Å²) in [6, 6.07) is 78.2. The third-order valence-electron chi connectivity index (χ3n) is 14.0. The van der Waals surface area contributed by atoms with E-state index in [1.807, 2.05) is 0 Å². The van der Waals surface area contributed by atoms with Crippen LogP contribution >= 0.6 is 0 Å². The summed E-state index contributed by atoms with van der Waals surface area (Å²) < 4.78 is 0. The van der Waals surface area contributed by atoms with Crippen LogP contribution in [0.2, 0.25) is 0 Å². The summed E-state index contributed by atoms with van der Waals surface area (Å²) in [5.74, 6) is 0. The second-order valence-corrected chi connectivity index (χ2v) is 16.6. The molecule has 0 heterocycles. The van der Waals surface area contributed by atoms with Crippen LogP contribution in [0.4, 0.5) is 0 Å². The zero-order chi connectivity index (χ0) is 38.4. The first-order valence-corrected chi connectivity index (χ1v) is 20.8. The second kappa shape index (κ2) is 11.3. The molecule has 0 aromatic heterocycles. The minimum atomic E-state index is -0.497. The zero-order valence-corrected chi connectivity index (χ0v) is 32.1. The van der Waals surface area contributed by atoms with Crippen LogP contribution < -0.4 is 0 Å². The van der Waals surface area contributed by atoms with E-state index < -0.39 is 5.41 Å². The van der Waals surface area contributed by atoms with Gasteiger partial charge in [-0.25, -0.2) is 0 Å². The monoisotopic (exact) mass is 742 g/mol. The molecular formula is C59H34. The fraction of sp³-hybridized carbons (Fsp3) is 0.0169. The van der Waals surface area contributed by atoms with Gasteiger partial charge in [-0.3, -0.25) is 0 Å². The average molecular weight is 743 g/mol. The summed E-state index contributed by atoms with van der Waals surface area (Å²) in [5, 5.41) is 15.7. The Morgan fingerprint density at radius 1 is 0.254 bits per heavy atom. The third-order valence-corrected chi connectivity index (χ3v) is 14.0. The van der Waals surface area contributed by atoms with Crippen LogP contribution in [-0.2, 0) is 5.41 Å². The highest BCUT2D eigenvalue weighted by molar-refractivity contribution is 6.26. The van der Waals surface area contributed by atoms with Gasteiger partial charge in [-0.1, -0.05) is 194 Å². The molecule has 0 aliphatic heterocycles. The number of hydrogen-bond donors (Lipinski definition) is 0. The SMILES string of the molecule is c1cc(-c2cc3c(c4ccccc24)C2(c4ccccc4-c4ccccc42)c2c-3c3ccccc3c3ccccc23)cc(-c2ccc3ccc4cccc5ccc2c3c45)c1. The molecule has 0 saturated carbocycles. The topological polar surface area (TPSA) is 0 Å². The van der Waals surface area contributed by atoms with E-state index in [9.17, 15) is 0 Å². The van der Waals surface area contributed by atoms with E-state index in [0.29, 0.717) is 0 Å². The third kappa shape index (κ3) is 3.89. The minimum Gasteiger partial charge on any atom is -0.0619 e. The molecule has 0 radical (unpaired) electrons. The predicted molar refractivity (Wildman–Crippen MR) is 250 cm³/mol. The van der Waals surface area contributed by atoms with E-state index in [2.05, 4.69) is 206 Å². The minimum absolute atomic E-state index is 0.497. The summed E-state index contributed by atoms with van der Waals surface area (Å²) in [7, 11) is 0. The number of fused-ring (bicyclic) bond motifs is 17. The van der Waals surface area contributed by atoms with Crippen molar-refractivity contribution in [2.75, 3.05) is 0 Å². The first-order valence-electron chi connectivity index (χ1n) is 20.8. The van der Waals surface area contributed by atoms with Crippen molar-refractivity contribution in [3.05, 3.63) is 229 Å². The van der Waals surface area contributed by atoms with Crippen molar-refractivity contribution in [1.29, 1.82) is 0 Å². The van der Waals surface area contributed by atoms with Gasteiger partial charge >= 0.3 is 0 Å². The predicted octanol–water partition coefficient (Wildman–Crippen LogP) is 15.7. The standard InChI is InChI=1S/C59H34/c1-4-22-46-41(17-1)42-18-2-6-24-49(42)58-56(46)51-34-50(43-19-3-5-23-48(43)57(51)59(58)52-25-9-7-20-44(52)45-21-8-10-26-53(45)59)39-16-12-15-38(33-39)40-31-29-37-28-27-35-13-11-14-36-30-32-47(40)55(37)54(35)36/h1-34H. The van der Waals surface area contributed by atoms with Crippen molar-refractivity contribution in [2.45, 2.75) is 5.41 Å². The first-order chi connectivity index (χ1) is 29.3. The van der Waals surface area contributed by atoms with Crippen molar-refractivity contribution >= 4 is 64.6 Å². The van der Waals surface area contributed by atoms with Gasteiger partial charge in [-0.2, -0.15) is 0 Å². The molecular weight excluding hydrogens is 709 g/mol. The smallest absolute Gasteiger partial charge is 0.0619 e. The maximum absolute atomic E-state index is 2.55. The van der Waals surface area contributed by atoms with E-state index >= 15 is 0 Å². The van der Waals surface area contributed by atoms with Gasteiger partial charge < -0.3 is 0 Å². The lowest BCUT2D eigenvalue weighted by molar-refractivity contribution is 0.809. The summed E-state index contributed by atoms with van der Waals surface area (Å²) in [6.07, 6.45) is 0. The molecule has 0 amide bonds. The van der Waals surface area contributed by atoms with Crippen LogP contribution in [0.5, 0.6) is 0 Å².